The van der Waals surface area contributed by atoms with Gasteiger partial charge in [-0.05, 0) is 111 Å². The van der Waals surface area contributed by atoms with Crippen molar-refractivity contribution in [2.24, 2.45) is 23.2 Å². The highest BCUT2D eigenvalue weighted by Crippen LogP contribution is 2.47. The second-order valence-corrected chi connectivity index (χ2v) is 13.2. The molecule has 1 saturated carbocycles. The fourth-order valence-electron chi connectivity index (χ4n) is 6.40. The molecule has 0 spiro atoms. The minimum absolute atomic E-state index is 0.278. The molecule has 0 heterocycles. The maximum absolute atomic E-state index is 4.75. The summed E-state index contributed by atoms with van der Waals surface area (Å²) in [6.45, 7) is 22.9. The normalized spacial score (nSPS) is 24.4. The summed E-state index contributed by atoms with van der Waals surface area (Å²) in [6, 6.07) is 8.77. The second-order valence-electron chi connectivity index (χ2n) is 13.2. The summed E-state index contributed by atoms with van der Waals surface area (Å²) in [5.74, 6) is 2.01. The summed E-state index contributed by atoms with van der Waals surface area (Å²) in [7, 11) is 0. The minimum atomic E-state index is 0.278. The number of aryl methyl sites for hydroxylation is 1. The molecule has 3 aliphatic rings. The van der Waals surface area contributed by atoms with Crippen molar-refractivity contribution < 1.29 is 0 Å². The first-order valence-electron chi connectivity index (χ1n) is 14.4. The van der Waals surface area contributed by atoms with Crippen molar-refractivity contribution >= 4 is 5.57 Å². The molecule has 0 amide bonds. The number of allylic oxidation sites excluding steroid dienone is 12. The number of hydrogen-bond donors (Lipinski definition) is 0. The van der Waals surface area contributed by atoms with Crippen LogP contribution in [0.25, 0.3) is 5.57 Å². The van der Waals surface area contributed by atoms with Gasteiger partial charge in [0.1, 0.15) is 0 Å². The summed E-state index contributed by atoms with van der Waals surface area (Å²) in [6.07, 6.45) is 20.3. The van der Waals surface area contributed by atoms with Crippen LogP contribution in [0.1, 0.15) is 90.7 Å². The maximum Gasteiger partial charge on any atom is 0.00114 e. The Kier molecular flexibility index (Phi) is 8.47. The molecule has 3 aliphatic carbocycles. The lowest BCUT2D eigenvalue weighted by Gasteiger charge is -2.25. The van der Waals surface area contributed by atoms with Crippen molar-refractivity contribution in [2.45, 2.75) is 86.5 Å². The Labute approximate surface area is 227 Å². The molecule has 2 unspecified atom stereocenters. The SMILES string of the molecule is C=C(CC1=CC=C(/C(=C\CC(C)(C)C)C(=C)C2CC[C@H](C3C=C(C)C=C3C)C2)CC1)c1ccc(C)cc1. The molecule has 0 nitrogen and oxygen atoms in total. The molecule has 37 heavy (non-hydrogen) atoms. The van der Waals surface area contributed by atoms with Crippen molar-refractivity contribution in [2.75, 3.05) is 0 Å². The molecule has 0 bridgehead atoms. The van der Waals surface area contributed by atoms with E-state index in [0.717, 1.165) is 31.6 Å². The highest BCUT2D eigenvalue weighted by atomic mass is 14.4. The molecule has 1 fully saturated rings. The van der Waals surface area contributed by atoms with E-state index in [2.05, 4.69) is 103 Å². The van der Waals surface area contributed by atoms with Gasteiger partial charge in [0.2, 0.25) is 0 Å². The monoisotopic (exact) mass is 492 g/mol. The van der Waals surface area contributed by atoms with Crippen molar-refractivity contribution in [1.82, 2.24) is 0 Å². The van der Waals surface area contributed by atoms with Crippen LogP contribution in [0.3, 0.4) is 0 Å². The smallest absolute Gasteiger partial charge is 0.00114 e. The Morgan fingerprint density at radius 3 is 2.30 bits per heavy atom. The van der Waals surface area contributed by atoms with E-state index >= 15 is 0 Å². The highest BCUT2D eigenvalue weighted by molar-refractivity contribution is 5.66. The van der Waals surface area contributed by atoms with Crippen LogP contribution >= 0.6 is 0 Å². The molecule has 1 aromatic carbocycles. The minimum Gasteiger partial charge on any atom is -0.0950 e. The zero-order valence-electron chi connectivity index (χ0n) is 24.3. The van der Waals surface area contributed by atoms with Crippen LogP contribution in [0, 0.1) is 30.1 Å². The van der Waals surface area contributed by atoms with Crippen molar-refractivity contribution in [3.05, 3.63) is 112 Å². The third kappa shape index (κ3) is 7.04. The van der Waals surface area contributed by atoms with E-state index in [-0.39, 0.29) is 5.41 Å². The lowest BCUT2D eigenvalue weighted by atomic mass is 9.80. The van der Waals surface area contributed by atoms with E-state index in [9.17, 15) is 0 Å². The molecule has 196 valence electrons. The molecular weight excluding hydrogens is 444 g/mol. The first kappa shape index (κ1) is 27.4. The number of rotatable bonds is 8. The van der Waals surface area contributed by atoms with Gasteiger partial charge in [0.15, 0.2) is 0 Å². The van der Waals surface area contributed by atoms with Gasteiger partial charge in [0.05, 0.1) is 0 Å². The molecule has 0 aliphatic heterocycles. The Morgan fingerprint density at radius 2 is 1.70 bits per heavy atom. The first-order valence-corrected chi connectivity index (χ1v) is 14.4. The zero-order chi connectivity index (χ0) is 26.7. The van der Waals surface area contributed by atoms with Crippen LogP contribution in [0.2, 0.25) is 0 Å². The van der Waals surface area contributed by atoms with Gasteiger partial charge < -0.3 is 0 Å². The Bertz CT molecular complexity index is 1180. The maximum atomic E-state index is 4.75. The molecule has 3 atom stereocenters. The lowest BCUT2D eigenvalue weighted by Crippen LogP contribution is -2.11. The predicted octanol–water partition coefficient (Wildman–Crippen LogP) is 10.9. The molecule has 0 heteroatoms. The van der Waals surface area contributed by atoms with E-state index in [4.69, 9.17) is 6.58 Å². The summed E-state index contributed by atoms with van der Waals surface area (Å²) in [5.41, 5.74) is 12.8. The largest absolute Gasteiger partial charge is 0.0950 e. The zero-order valence-corrected chi connectivity index (χ0v) is 24.3. The van der Waals surface area contributed by atoms with E-state index in [0.29, 0.717) is 11.8 Å². The predicted molar refractivity (Wildman–Crippen MR) is 163 cm³/mol. The molecule has 0 saturated heterocycles. The average Bonchev–Trinajstić information content (AvgIpc) is 3.45. The second kappa shape index (κ2) is 11.4. The van der Waals surface area contributed by atoms with Gasteiger partial charge in [-0.2, -0.15) is 0 Å². The first-order chi connectivity index (χ1) is 17.5. The topological polar surface area (TPSA) is 0 Å². The lowest BCUT2D eigenvalue weighted by molar-refractivity contribution is 0.419. The Morgan fingerprint density at radius 1 is 0.973 bits per heavy atom. The highest BCUT2D eigenvalue weighted by Gasteiger charge is 2.34. The van der Waals surface area contributed by atoms with Crippen LogP contribution < -0.4 is 0 Å². The summed E-state index contributed by atoms with van der Waals surface area (Å²) in [4.78, 5) is 0. The van der Waals surface area contributed by atoms with Crippen LogP contribution in [0.15, 0.2) is 101 Å². The Hall–Kier alpha value is -2.60. The molecule has 0 N–H and O–H groups in total. The van der Waals surface area contributed by atoms with E-state index < -0.39 is 0 Å². The van der Waals surface area contributed by atoms with Crippen LogP contribution in [0.4, 0.5) is 0 Å². The molecular formula is C37H48. The van der Waals surface area contributed by atoms with E-state index in [1.165, 1.54) is 63.8 Å². The van der Waals surface area contributed by atoms with Crippen molar-refractivity contribution in [3.63, 3.8) is 0 Å². The molecule has 0 aromatic heterocycles. The quantitative estimate of drug-likeness (QED) is 0.316. The van der Waals surface area contributed by atoms with E-state index in [1.807, 2.05) is 0 Å². The van der Waals surface area contributed by atoms with Crippen LogP contribution in [-0.2, 0) is 0 Å². The third-order valence-electron chi connectivity index (χ3n) is 8.64. The van der Waals surface area contributed by atoms with Gasteiger partial charge in [-0.1, -0.05) is 111 Å². The van der Waals surface area contributed by atoms with Gasteiger partial charge in [0, 0.05) is 5.92 Å². The standard InChI is InChI=1S/C37H48/c1-25-9-13-31(14-10-25)27(3)23-30-11-15-32(16-12-30)35(19-20-37(6,7)8)29(5)33-17-18-34(24-33)36-22-26(2)21-28(36)4/h9-11,13-15,19,21-22,33-34,36H,3,5,12,16-18,20,23-24H2,1-2,4,6-8H3/b35-19-/t33?,34-,36?/m0/s1. The summed E-state index contributed by atoms with van der Waals surface area (Å²) < 4.78 is 0. The number of hydrogen-bond acceptors (Lipinski definition) is 0. The van der Waals surface area contributed by atoms with Gasteiger partial charge in [0.25, 0.3) is 0 Å². The Balaban J connectivity index is 1.48. The average molecular weight is 493 g/mol. The summed E-state index contributed by atoms with van der Waals surface area (Å²) in [5, 5.41) is 0. The molecule has 4 rings (SSSR count). The number of benzene rings is 1. The van der Waals surface area contributed by atoms with Gasteiger partial charge in [-0.25, -0.2) is 0 Å². The third-order valence-corrected chi connectivity index (χ3v) is 8.64. The fraction of sp³-hybridized carbons (Fsp3) is 0.459. The molecule has 0 radical (unpaired) electrons. The van der Waals surface area contributed by atoms with Crippen molar-refractivity contribution in [3.8, 4) is 0 Å². The fourth-order valence-corrected chi connectivity index (χ4v) is 6.40. The van der Waals surface area contributed by atoms with Gasteiger partial charge in [-0.3, -0.25) is 0 Å². The van der Waals surface area contributed by atoms with Crippen LogP contribution in [-0.4, -0.2) is 0 Å². The van der Waals surface area contributed by atoms with Gasteiger partial charge >= 0.3 is 0 Å². The van der Waals surface area contributed by atoms with Crippen LogP contribution in [0.5, 0.6) is 0 Å². The summed E-state index contributed by atoms with van der Waals surface area (Å²) >= 11 is 0. The molecule has 1 aromatic rings. The van der Waals surface area contributed by atoms with E-state index in [1.54, 1.807) is 5.57 Å². The van der Waals surface area contributed by atoms with Crippen molar-refractivity contribution in [1.29, 1.82) is 0 Å². The van der Waals surface area contributed by atoms with Gasteiger partial charge in [-0.15, -0.1) is 0 Å².